The van der Waals surface area contributed by atoms with E-state index in [2.05, 4.69) is 30.9 Å². The monoisotopic (exact) mass is 346 g/mol. The van der Waals surface area contributed by atoms with Crippen molar-refractivity contribution in [1.29, 1.82) is 0 Å². The van der Waals surface area contributed by atoms with Gasteiger partial charge in [0.05, 0.1) is 11.6 Å². The molecular weight excluding hydrogens is 324 g/mol. The molecule has 2 aliphatic rings. The molecule has 3 rings (SSSR count). The van der Waals surface area contributed by atoms with E-state index in [1.807, 2.05) is 18.2 Å². The summed E-state index contributed by atoms with van der Waals surface area (Å²) in [4.78, 5) is 17.5. The third-order valence-electron chi connectivity index (χ3n) is 4.51. The Hall–Kier alpha value is -1.17. The van der Waals surface area contributed by atoms with Crippen molar-refractivity contribution in [3.8, 4) is 0 Å². The van der Waals surface area contributed by atoms with E-state index in [1.165, 1.54) is 36.6 Å². The number of thiocarbonyl (C=S) groups is 1. The molecule has 0 aromatic heterocycles. The summed E-state index contributed by atoms with van der Waals surface area (Å²) < 4.78 is 0.672. The minimum absolute atomic E-state index is 0.0401. The lowest BCUT2D eigenvalue weighted by molar-refractivity contribution is -0.124. The Bertz CT molecular complexity index is 639. The van der Waals surface area contributed by atoms with E-state index in [0.29, 0.717) is 17.0 Å². The third-order valence-corrected chi connectivity index (χ3v) is 5.89. The van der Waals surface area contributed by atoms with Gasteiger partial charge in [0.2, 0.25) is 0 Å². The lowest BCUT2D eigenvalue weighted by Crippen LogP contribution is -2.46. The molecule has 2 fully saturated rings. The van der Waals surface area contributed by atoms with Crippen molar-refractivity contribution in [2.45, 2.75) is 39.2 Å². The fraction of sp³-hybridized carbons (Fsp3) is 0.444. The zero-order valence-corrected chi connectivity index (χ0v) is 15.3. The Balaban J connectivity index is 1.73. The molecule has 2 heterocycles. The zero-order valence-electron chi connectivity index (χ0n) is 13.6. The van der Waals surface area contributed by atoms with Gasteiger partial charge >= 0.3 is 0 Å². The van der Waals surface area contributed by atoms with Gasteiger partial charge in [-0.05, 0) is 38.3 Å². The third kappa shape index (κ3) is 3.84. The summed E-state index contributed by atoms with van der Waals surface area (Å²) in [7, 11) is 0. The number of carbonyl (C=O) groups excluding carboxylic acids is 1. The van der Waals surface area contributed by atoms with Gasteiger partial charge in [0, 0.05) is 12.6 Å². The SMILES string of the molecule is Cc1ccc(/C=C2\SC(=S)N(CN3CCCC[C@H]3C)C2=O)cc1. The average molecular weight is 347 g/mol. The van der Waals surface area contributed by atoms with Crippen LogP contribution in [0.15, 0.2) is 29.2 Å². The highest BCUT2D eigenvalue weighted by atomic mass is 32.2. The molecule has 1 aromatic rings. The molecule has 23 heavy (non-hydrogen) atoms. The summed E-state index contributed by atoms with van der Waals surface area (Å²) in [6, 6.07) is 8.71. The van der Waals surface area contributed by atoms with E-state index < -0.39 is 0 Å². The minimum Gasteiger partial charge on any atom is -0.283 e. The number of likely N-dealkylation sites (tertiary alicyclic amines) is 1. The number of amides is 1. The summed E-state index contributed by atoms with van der Waals surface area (Å²) in [5.74, 6) is 0.0401. The first-order valence-electron chi connectivity index (χ1n) is 8.10. The van der Waals surface area contributed by atoms with E-state index in [-0.39, 0.29) is 5.91 Å². The fourth-order valence-electron chi connectivity index (χ4n) is 2.99. The Morgan fingerprint density at radius 1 is 1.30 bits per heavy atom. The van der Waals surface area contributed by atoms with E-state index >= 15 is 0 Å². The van der Waals surface area contributed by atoms with E-state index in [1.54, 1.807) is 4.90 Å². The number of carbonyl (C=O) groups is 1. The van der Waals surface area contributed by atoms with E-state index in [9.17, 15) is 4.79 Å². The summed E-state index contributed by atoms with van der Waals surface area (Å²) in [6.45, 7) is 5.97. The molecule has 122 valence electrons. The maximum absolute atomic E-state index is 12.7. The second kappa shape index (κ2) is 7.16. The van der Waals surface area contributed by atoms with Crippen LogP contribution in [0.5, 0.6) is 0 Å². The van der Waals surface area contributed by atoms with Crippen LogP contribution < -0.4 is 0 Å². The van der Waals surface area contributed by atoms with Crippen LogP contribution in [-0.2, 0) is 4.79 Å². The van der Waals surface area contributed by atoms with Crippen molar-refractivity contribution >= 4 is 40.3 Å². The van der Waals surface area contributed by atoms with Crippen LogP contribution in [0.3, 0.4) is 0 Å². The number of hydrogen-bond donors (Lipinski definition) is 0. The van der Waals surface area contributed by atoms with Crippen LogP contribution in [0.2, 0.25) is 0 Å². The highest BCUT2D eigenvalue weighted by Crippen LogP contribution is 2.33. The van der Waals surface area contributed by atoms with Gasteiger partial charge in [-0.2, -0.15) is 0 Å². The molecule has 1 atom stereocenters. The Morgan fingerprint density at radius 3 is 2.74 bits per heavy atom. The number of nitrogens with zero attached hydrogens (tertiary/aromatic N) is 2. The predicted molar refractivity (Wildman–Crippen MR) is 101 cm³/mol. The minimum atomic E-state index is 0.0401. The van der Waals surface area contributed by atoms with Crippen molar-refractivity contribution in [3.63, 3.8) is 0 Å². The average Bonchev–Trinajstić information content (AvgIpc) is 2.79. The first-order valence-corrected chi connectivity index (χ1v) is 9.33. The normalized spacial score (nSPS) is 24.7. The Labute approximate surface area is 147 Å². The van der Waals surface area contributed by atoms with Crippen molar-refractivity contribution in [1.82, 2.24) is 9.80 Å². The molecule has 2 saturated heterocycles. The lowest BCUT2D eigenvalue weighted by Gasteiger charge is -2.35. The van der Waals surface area contributed by atoms with Gasteiger partial charge < -0.3 is 0 Å². The predicted octanol–water partition coefficient (Wildman–Crippen LogP) is 4.03. The van der Waals surface area contributed by atoms with Crippen LogP contribution >= 0.6 is 24.0 Å². The molecule has 0 saturated carbocycles. The van der Waals surface area contributed by atoms with Crippen LogP contribution in [0.25, 0.3) is 6.08 Å². The smallest absolute Gasteiger partial charge is 0.267 e. The first kappa shape index (κ1) is 16.7. The second-order valence-corrected chi connectivity index (χ2v) is 7.99. The number of aryl methyl sites for hydroxylation is 1. The molecular formula is C18H22N2OS2. The van der Waals surface area contributed by atoms with Crippen LogP contribution in [0, 0.1) is 6.92 Å². The quantitative estimate of drug-likeness (QED) is 0.609. The van der Waals surface area contributed by atoms with Crippen LogP contribution in [-0.4, -0.2) is 39.3 Å². The maximum Gasteiger partial charge on any atom is 0.267 e. The second-order valence-electron chi connectivity index (χ2n) is 6.32. The standard InChI is InChI=1S/C18H22N2OS2/c1-13-6-8-15(9-7-13)11-16-17(21)20(18(22)23-16)12-19-10-4-3-5-14(19)2/h6-9,11,14H,3-5,10,12H2,1-2H3/b16-11-/t14-/m1/s1. The number of hydrogen-bond acceptors (Lipinski definition) is 4. The summed E-state index contributed by atoms with van der Waals surface area (Å²) >= 11 is 6.85. The molecule has 0 bridgehead atoms. The molecule has 5 heteroatoms. The van der Waals surface area contributed by atoms with E-state index in [4.69, 9.17) is 12.2 Å². The topological polar surface area (TPSA) is 23.6 Å². The molecule has 0 radical (unpaired) electrons. The van der Waals surface area contributed by atoms with Gasteiger partial charge in [0.15, 0.2) is 0 Å². The summed E-state index contributed by atoms with van der Waals surface area (Å²) in [5.41, 5.74) is 2.26. The number of piperidine rings is 1. The summed E-state index contributed by atoms with van der Waals surface area (Å²) in [5, 5.41) is 0. The molecule has 0 aliphatic carbocycles. The summed E-state index contributed by atoms with van der Waals surface area (Å²) in [6.07, 6.45) is 5.63. The molecule has 0 spiro atoms. The van der Waals surface area contributed by atoms with Gasteiger partial charge in [-0.25, -0.2) is 0 Å². The number of thioether (sulfide) groups is 1. The first-order chi connectivity index (χ1) is 11.0. The molecule has 3 nitrogen and oxygen atoms in total. The molecule has 1 amide bonds. The van der Waals surface area contributed by atoms with Gasteiger partial charge in [-0.15, -0.1) is 0 Å². The van der Waals surface area contributed by atoms with Gasteiger partial charge in [-0.1, -0.05) is 60.2 Å². The molecule has 0 unspecified atom stereocenters. The van der Waals surface area contributed by atoms with Crippen molar-refractivity contribution in [2.75, 3.05) is 13.2 Å². The number of rotatable bonds is 3. The molecule has 2 aliphatic heterocycles. The van der Waals surface area contributed by atoms with Gasteiger partial charge in [0.1, 0.15) is 4.32 Å². The Morgan fingerprint density at radius 2 is 2.04 bits per heavy atom. The fourth-order valence-corrected chi connectivity index (χ4v) is 4.23. The maximum atomic E-state index is 12.7. The highest BCUT2D eigenvalue weighted by Gasteiger charge is 2.34. The van der Waals surface area contributed by atoms with Crippen molar-refractivity contribution < 1.29 is 4.79 Å². The largest absolute Gasteiger partial charge is 0.283 e. The van der Waals surface area contributed by atoms with E-state index in [0.717, 1.165) is 17.0 Å². The zero-order chi connectivity index (χ0) is 16.4. The van der Waals surface area contributed by atoms with Crippen LogP contribution in [0.1, 0.15) is 37.3 Å². The Kier molecular flexibility index (Phi) is 5.19. The lowest BCUT2D eigenvalue weighted by atomic mass is 10.0. The molecule has 0 N–H and O–H groups in total. The highest BCUT2D eigenvalue weighted by molar-refractivity contribution is 8.26. The van der Waals surface area contributed by atoms with Crippen molar-refractivity contribution in [3.05, 3.63) is 40.3 Å². The molecule has 1 aromatic carbocycles. The van der Waals surface area contributed by atoms with Crippen LogP contribution in [0.4, 0.5) is 0 Å². The van der Waals surface area contributed by atoms with Gasteiger partial charge in [-0.3, -0.25) is 14.6 Å². The van der Waals surface area contributed by atoms with Gasteiger partial charge in [0.25, 0.3) is 5.91 Å². The van der Waals surface area contributed by atoms with Crippen molar-refractivity contribution in [2.24, 2.45) is 0 Å². The number of benzene rings is 1.